The number of aromatic nitrogens is 1. The topological polar surface area (TPSA) is 103 Å². The second-order valence-electron chi connectivity index (χ2n) is 4.71. The Morgan fingerprint density at radius 3 is 2.57 bits per heavy atom. The first-order chi connectivity index (χ1) is 10.8. The molecule has 0 saturated heterocycles. The quantitative estimate of drug-likeness (QED) is 0.540. The molecule has 7 nitrogen and oxygen atoms in total. The number of methoxy groups -OCH3 is 1. The number of nitrogens with two attached hydrogens (primary N) is 1. The Kier molecular flexibility index (Phi) is 3.80. The molecule has 2 heterocycles. The maximum Gasteiger partial charge on any atom is 0.262 e. The van der Waals surface area contributed by atoms with Gasteiger partial charge in [-0.3, -0.25) is 24.3 Å². The largest absolute Gasteiger partial charge is 0.495 e. The molecule has 9 heteroatoms. The molecule has 0 fully saturated rings. The van der Waals surface area contributed by atoms with E-state index in [-0.39, 0.29) is 16.9 Å². The first-order valence-corrected chi connectivity index (χ1v) is 7.75. The van der Waals surface area contributed by atoms with Crippen LogP contribution in [0.1, 0.15) is 20.7 Å². The first-order valence-electron chi connectivity index (χ1n) is 6.29. The van der Waals surface area contributed by atoms with Crippen LogP contribution in [0.15, 0.2) is 23.0 Å². The molecule has 0 atom stereocenters. The Morgan fingerprint density at radius 2 is 1.91 bits per heavy atom. The van der Waals surface area contributed by atoms with Crippen LogP contribution in [0, 0.1) is 3.57 Å². The number of benzene rings is 1. The van der Waals surface area contributed by atoms with Crippen molar-refractivity contribution in [2.24, 2.45) is 0 Å². The van der Waals surface area contributed by atoms with Crippen LogP contribution >= 0.6 is 34.2 Å². The fourth-order valence-electron chi connectivity index (χ4n) is 2.37. The summed E-state index contributed by atoms with van der Waals surface area (Å²) in [6.45, 7) is 0. The number of imide groups is 1. The summed E-state index contributed by atoms with van der Waals surface area (Å²) in [7, 11) is 1.44. The van der Waals surface area contributed by atoms with E-state index in [0.29, 0.717) is 20.0 Å². The number of rotatable bonds is 2. The fraction of sp³-hybridized carbons (Fsp3) is 0.0714. The molecule has 0 radical (unpaired) electrons. The van der Waals surface area contributed by atoms with Crippen molar-refractivity contribution in [3.8, 4) is 11.4 Å². The summed E-state index contributed by atoms with van der Waals surface area (Å²) in [4.78, 5) is 35.9. The van der Waals surface area contributed by atoms with E-state index in [9.17, 15) is 14.4 Å². The van der Waals surface area contributed by atoms with Gasteiger partial charge in [-0.25, -0.2) is 0 Å². The minimum Gasteiger partial charge on any atom is -0.495 e. The molecule has 3 rings (SSSR count). The van der Waals surface area contributed by atoms with Crippen molar-refractivity contribution >= 4 is 51.8 Å². The van der Waals surface area contributed by atoms with Gasteiger partial charge in [0.05, 0.1) is 28.9 Å². The third-order valence-electron chi connectivity index (χ3n) is 3.42. The van der Waals surface area contributed by atoms with Gasteiger partial charge in [0.25, 0.3) is 17.4 Å². The van der Waals surface area contributed by atoms with Crippen LogP contribution in [0.25, 0.3) is 5.69 Å². The number of hydrogen-bond acceptors (Lipinski definition) is 5. The van der Waals surface area contributed by atoms with Gasteiger partial charge in [0.1, 0.15) is 11.6 Å². The normalized spacial score (nSPS) is 13.0. The fourth-order valence-corrected chi connectivity index (χ4v) is 3.51. The Morgan fingerprint density at radius 1 is 1.22 bits per heavy atom. The van der Waals surface area contributed by atoms with Crippen molar-refractivity contribution < 1.29 is 14.3 Å². The number of hydrogen-bond donors (Lipinski definition) is 2. The third-order valence-corrected chi connectivity index (χ3v) is 4.57. The smallest absolute Gasteiger partial charge is 0.262 e. The zero-order valence-electron chi connectivity index (χ0n) is 11.6. The minimum absolute atomic E-state index is 0.0145. The summed E-state index contributed by atoms with van der Waals surface area (Å²) in [6, 6.07) is 4.24. The van der Waals surface area contributed by atoms with Crippen LogP contribution in [0.2, 0.25) is 5.02 Å². The van der Waals surface area contributed by atoms with Gasteiger partial charge in [-0.1, -0.05) is 11.6 Å². The number of nitrogen functional groups attached to an aromatic ring is 1. The lowest BCUT2D eigenvalue weighted by Gasteiger charge is -2.15. The summed E-state index contributed by atoms with van der Waals surface area (Å²) in [5.41, 5.74) is 5.83. The number of nitrogens with zero attached hydrogens (tertiary/aromatic N) is 1. The lowest BCUT2D eigenvalue weighted by Crippen LogP contribution is -2.24. The molecule has 0 spiro atoms. The molecule has 0 bridgehead atoms. The van der Waals surface area contributed by atoms with E-state index in [1.54, 1.807) is 12.1 Å². The van der Waals surface area contributed by atoms with E-state index in [1.165, 1.54) is 7.11 Å². The van der Waals surface area contributed by atoms with Crippen LogP contribution in [-0.2, 0) is 0 Å². The van der Waals surface area contributed by atoms with Crippen molar-refractivity contribution in [3.63, 3.8) is 0 Å². The highest BCUT2D eigenvalue weighted by molar-refractivity contribution is 14.1. The predicted octanol–water partition coefficient (Wildman–Crippen LogP) is 1.57. The average Bonchev–Trinajstić information content (AvgIpc) is 2.75. The summed E-state index contributed by atoms with van der Waals surface area (Å²) in [5.74, 6) is -1.02. The van der Waals surface area contributed by atoms with Crippen molar-refractivity contribution in [2.45, 2.75) is 0 Å². The number of carbonyl (C=O) groups is 2. The molecule has 2 aromatic rings. The average molecular weight is 446 g/mol. The summed E-state index contributed by atoms with van der Waals surface area (Å²) in [6.07, 6.45) is 0. The molecule has 0 saturated carbocycles. The predicted molar refractivity (Wildman–Crippen MR) is 92.5 cm³/mol. The van der Waals surface area contributed by atoms with Gasteiger partial charge in [-0.15, -0.1) is 0 Å². The van der Waals surface area contributed by atoms with Crippen LogP contribution in [0.4, 0.5) is 5.82 Å². The number of nitrogens with one attached hydrogen (secondary N) is 1. The minimum atomic E-state index is -0.635. The molecule has 0 aliphatic carbocycles. The van der Waals surface area contributed by atoms with Crippen molar-refractivity contribution in [1.29, 1.82) is 0 Å². The molecule has 118 valence electrons. The van der Waals surface area contributed by atoms with Crippen LogP contribution in [0.5, 0.6) is 5.75 Å². The van der Waals surface area contributed by atoms with Gasteiger partial charge in [-0.2, -0.15) is 0 Å². The van der Waals surface area contributed by atoms with Gasteiger partial charge < -0.3 is 10.5 Å². The Bertz CT molecular complexity index is 939. The van der Waals surface area contributed by atoms with Gasteiger partial charge in [-0.05, 0) is 28.7 Å². The highest BCUT2D eigenvalue weighted by atomic mass is 127. The number of halogens is 2. The summed E-state index contributed by atoms with van der Waals surface area (Å²) >= 11 is 8.04. The molecule has 2 amide bonds. The highest BCUT2D eigenvalue weighted by Gasteiger charge is 2.32. The molecular formula is C14H9ClIN3O4. The van der Waals surface area contributed by atoms with Gasteiger partial charge in [0.15, 0.2) is 0 Å². The second kappa shape index (κ2) is 5.53. The van der Waals surface area contributed by atoms with Crippen molar-refractivity contribution in [3.05, 3.63) is 48.3 Å². The molecule has 1 aliphatic rings. The zero-order chi connectivity index (χ0) is 16.9. The van der Waals surface area contributed by atoms with Crippen LogP contribution < -0.4 is 21.3 Å². The summed E-state index contributed by atoms with van der Waals surface area (Å²) < 4.78 is 6.93. The van der Waals surface area contributed by atoms with Gasteiger partial charge in [0, 0.05) is 15.7 Å². The van der Waals surface area contributed by atoms with E-state index >= 15 is 0 Å². The van der Waals surface area contributed by atoms with E-state index in [1.807, 2.05) is 22.6 Å². The maximum absolute atomic E-state index is 12.4. The Hall–Kier alpha value is -2.07. The maximum atomic E-state index is 12.4. The van der Waals surface area contributed by atoms with Crippen LogP contribution in [0.3, 0.4) is 0 Å². The number of pyridine rings is 1. The molecule has 1 aromatic carbocycles. The van der Waals surface area contributed by atoms with E-state index in [4.69, 9.17) is 22.1 Å². The molecule has 0 unspecified atom stereocenters. The number of anilines is 1. The molecule has 23 heavy (non-hydrogen) atoms. The zero-order valence-corrected chi connectivity index (χ0v) is 14.6. The number of amides is 2. The van der Waals surface area contributed by atoms with E-state index < -0.39 is 17.4 Å². The standard InChI is InChI=1S/C14H9ClIN3O4/c1-23-9-4-8(7(16)3-6(9)15)19-10(20)2-5-11(12(19)17)14(22)18-13(5)21/h2-4H,17H2,1H3,(H,18,21,22). The Labute approximate surface area is 148 Å². The second-order valence-corrected chi connectivity index (χ2v) is 6.28. The van der Waals surface area contributed by atoms with Gasteiger partial charge in [0.2, 0.25) is 0 Å². The highest BCUT2D eigenvalue weighted by Crippen LogP contribution is 2.32. The number of carbonyl (C=O) groups excluding carboxylic acids is 2. The number of ether oxygens (including phenoxy) is 1. The lowest BCUT2D eigenvalue weighted by molar-refractivity contribution is 0.0880. The van der Waals surface area contributed by atoms with Gasteiger partial charge >= 0.3 is 0 Å². The molecule has 1 aromatic heterocycles. The third kappa shape index (κ3) is 2.38. The molecular weight excluding hydrogens is 437 g/mol. The van der Waals surface area contributed by atoms with Crippen LogP contribution in [-0.4, -0.2) is 23.5 Å². The SMILES string of the molecule is COc1cc(-n2c(N)c3c(cc2=O)C(=O)NC3=O)c(I)cc1Cl. The lowest BCUT2D eigenvalue weighted by atomic mass is 10.1. The number of fused-ring (bicyclic) bond motifs is 1. The summed E-state index contributed by atoms with van der Waals surface area (Å²) in [5, 5.41) is 2.49. The first kappa shape index (κ1) is 15.8. The Balaban J connectivity index is 2.35. The van der Waals surface area contributed by atoms with E-state index in [0.717, 1.165) is 10.6 Å². The molecule has 1 aliphatic heterocycles. The van der Waals surface area contributed by atoms with Crippen molar-refractivity contribution in [1.82, 2.24) is 9.88 Å². The molecule has 3 N–H and O–H groups in total. The van der Waals surface area contributed by atoms with E-state index in [2.05, 4.69) is 5.32 Å². The monoisotopic (exact) mass is 445 g/mol. The van der Waals surface area contributed by atoms with Crippen molar-refractivity contribution in [2.75, 3.05) is 12.8 Å².